The molecule has 0 atom stereocenters. The lowest BCUT2D eigenvalue weighted by atomic mass is 10.2. The molecule has 4 aromatic rings. The lowest BCUT2D eigenvalue weighted by Crippen LogP contribution is -2.14. The van der Waals surface area contributed by atoms with Crippen LogP contribution in [0.4, 0.5) is 5.82 Å². The van der Waals surface area contributed by atoms with Gasteiger partial charge in [-0.05, 0) is 30.3 Å². The summed E-state index contributed by atoms with van der Waals surface area (Å²) in [5.74, 6) is 2.18. The van der Waals surface area contributed by atoms with Crippen LogP contribution in [0.25, 0.3) is 16.9 Å². The van der Waals surface area contributed by atoms with Gasteiger partial charge in [0.05, 0.1) is 12.1 Å². The number of hydrogen-bond acceptors (Lipinski definition) is 5. The second-order valence-corrected chi connectivity index (χ2v) is 6.51. The Morgan fingerprint density at radius 3 is 2.77 bits per heavy atom. The topological polar surface area (TPSA) is 64.9 Å². The van der Waals surface area contributed by atoms with E-state index < -0.39 is 0 Å². The van der Waals surface area contributed by atoms with Crippen LogP contribution in [-0.2, 0) is 0 Å². The van der Waals surface area contributed by atoms with Crippen LogP contribution in [0.15, 0.2) is 71.7 Å². The minimum absolute atomic E-state index is 0.532. The van der Waals surface area contributed by atoms with Crippen LogP contribution in [0.5, 0.6) is 5.75 Å². The van der Waals surface area contributed by atoms with Crippen molar-refractivity contribution < 1.29 is 4.74 Å². The molecule has 6 nitrogen and oxygen atoms in total. The third-order valence-corrected chi connectivity index (χ3v) is 4.28. The highest BCUT2D eigenvalue weighted by atomic mass is 79.9. The molecule has 26 heavy (non-hydrogen) atoms. The van der Waals surface area contributed by atoms with Crippen molar-refractivity contribution in [2.24, 2.45) is 0 Å². The van der Waals surface area contributed by atoms with E-state index in [4.69, 9.17) is 4.74 Å². The van der Waals surface area contributed by atoms with Crippen LogP contribution in [0.1, 0.15) is 0 Å². The van der Waals surface area contributed by atoms with Crippen molar-refractivity contribution in [2.45, 2.75) is 0 Å². The molecule has 0 amide bonds. The van der Waals surface area contributed by atoms with Crippen molar-refractivity contribution in [3.05, 3.63) is 71.7 Å². The summed E-state index contributed by atoms with van der Waals surface area (Å²) in [5, 5.41) is 4.30. The van der Waals surface area contributed by atoms with E-state index in [1.54, 1.807) is 17.1 Å². The zero-order valence-corrected chi connectivity index (χ0v) is 15.4. The maximum absolute atomic E-state index is 5.74. The summed E-state index contributed by atoms with van der Waals surface area (Å²) in [5.41, 5.74) is 0.860. The van der Waals surface area contributed by atoms with E-state index in [2.05, 4.69) is 36.2 Å². The Bertz CT molecular complexity index is 1010. The Morgan fingerprint density at radius 2 is 1.96 bits per heavy atom. The molecule has 0 aliphatic carbocycles. The minimum Gasteiger partial charge on any atom is -0.492 e. The predicted molar refractivity (Wildman–Crippen MR) is 105 cm³/mol. The molecule has 0 aliphatic rings. The van der Waals surface area contributed by atoms with Crippen LogP contribution < -0.4 is 10.1 Å². The Morgan fingerprint density at radius 1 is 1.08 bits per heavy atom. The first-order valence-electron chi connectivity index (χ1n) is 8.17. The van der Waals surface area contributed by atoms with Crippen molar-refractivity contribution in [3.8, 4) is 11.7 Å². The first kappa shape index (κ1) is 16.5. The highest BCUT2D eigenvalue weighted by Crippen LogP contribution is 2.25. The predicted octanol–water partition coefficient (Wildman–Crippen LogP) is 4.07. The molecule has 0 radical (unpaired) electrons. The maximum atomic E-state index is 5.74. The van der Waals surface area contributed by atoms with Crippen molar-refractivity contribution in [1.29, 1.82) is 0 Å². The van der Waals surface area contributed by atoms with Gasteiger partial charge in [0.25, 0.3) is 0 Å². The number of fused-ring (bicyclic) bond motifs is 1. The SMILES string of the molecule is Brc1ccc2nc(-n3ccnc3)nc(NCCOc3ccccc3)c2c1. The first-order valence-corrected chi connectivity index (χ1v) is 8.96. The second-order valence-electron chi connectivity index (χ2n) is 5.59. The smallest absolute Gasteiger partial charge is 0.237 e. The number of anilines is 1. The van der Waals surface area contributed by atoms with Crippen molar-refractivity contribution >= 4 is 32.7 Å². The van der Waals surface area contributed by atoms with Gasteiger partial charge in [-0.3, -0.25) is 4.57 Å². The zero-order chi connectivity index (χ0) is 17.8. The summed E-state index contributed by atoms with van der Waals surface area (Å²) < 4.78 is 8.50. The molecule has 0 spiro atoms. The Kier molecular flexibility index (Phi) is 4.79. The molecule has 130 valence electrons. The summed E-state index contributed by atoms with van der Waals surface area (Å²) in [6, 6.07) is 15.7. The Labute approximate surface area is 159 Å². The van der Waals surface area contributed by atoms with Crippen LogP contribution in [0.3, 0.4) is 0 Å². The van der Waals surface area contributed by atoms with Gasteiger partial charge in [-0.15, -0.1) is 0 Å². The molecule has 1 N–H and O–H groups in total. The molecule has 0 saturated carbocycles. The van der Waals surface area contributed by atoms with E-state index >= 15 is 0 Å². The van der Waals surface area contributed by atoms with Crippen molar-refractivity contribution in [3.63, 3.8) is 0 Å². The molecule has 0 fully saturated rings. The summed E-state index contributed by atoms with van der Waals surface area (Å²) in [6.07, 6.45) is 5.21. The van der Waals surface area contributed by atoms with Crippen LogP contribution in [0.2, 0.25) is 0 Å². The lowest BCUT2D eigenvalue weighted by Gasteiger charge is -2.12. The number of nitrogens with one attached hydrogen (secondary N) is 1. The molecule has 0 aliphatic heterocycles. The number of nitrogens with zero attached hydrogens (tertiary/aromatic N) is 4. The summed E-state index contributed by atoms with van der Waals surface area (Å²) in [7, 11) is 0. The standard InChI is InChI=1S/C19H16BrN5O/c20-14-6-7-17-16(12-14)18(24-19(23-17)25-10-8-21-13-25)22-9-11-26-15-4-2-1-3-5-15/h1-8,10,12-13H,9,11H2,(H,22,23,24). The van der Waals surface area contributed by atoms with E-state index in [0.717, 1.165) is 26.9 Å². The molecular formula is C19H16BrN5O. The third-order valence-electron chi connectivity index (χ3n) is 3.79. The van der Waals surface area contributed by atoms with Crippen LogP contribution in [0, 0.1) is 0 Å². The normalized spacial score (nSPS) is 10.8. The van der Waals surface area contributed by atoms with Gasteiger partial charge in [0.1, 0.15) is 24.5 Å². The monoisotopic (exact) mass is 409 g/mol. The molecule has 2 aromatic carbocycles. The van der Waals surface area contributed by atoms with Gasteiger partial charge in [-0.1, -0.05) is 34.1 Å². The van der Waals surface area contributed by atoms with Crippen molar-refractivity contribution in [1.82, 2.24) is 19.5 Å². The van der Waals surface area contributed by atoms with Crippen LogP contribution >= 0.6 is 15.9 Å². The van der Waals surface area contributed by atoms with Gasteiger partial charge < -0.3 is 10.1 Å². The average molecular weight is 410 g/mol. The summed E-state index contributed by atoms with van der Waals surface area (Å²) >= 11 is 3.51. The minimum atomic E-state index is 0.532. The van der Waals surface area contributed by atoms with E-state index in [1.165, 1.54) is 0 Å². The quantitative estimate of drug-likeness (QED) is 0.486. The fourth-order valence-corrected chi connectivity index (χ4v) is 2.93. The number of aromatic nitrogens is 4. The molecule has 2 heterocycles. The van der Waals surface area contributed by atoms with Crippen LogP contribution in [-0.4, -0.2) is 32.7 Å². The van der Waals surface area contributed by atoms with Gasteiger partial charge in [0, 0.05) is 22.3 Å². The number of benzene rings is 2. The molecular weight excluding hydrogens is 394 g/mol. The number of ether oxygens (including phenoxy) is 1. The van der Waals surface area contributed by atoms with Gasteiger partial charge in [0.2, 0.25) is 5.95 Å². The molecule has 7 heteroatoms. The highest BCUT2D eigenvalue weighted by Gasteiger charge is 2.09. The molecule has 0 unspecified atom stereocenters. The fraction of sp³-hybridized carbons (Fsp3) is 0.105. The number of imidazole rings is 1. The van der Waals surface area contributed by atoms with Crippen molar-refractivity contribution in [2.75, 3.05) is 18.5 Å². The molecule has 0 bridgehead atoms. The Hall–Kier alpha value is -2.93. The van der Waals surface area contributed by atoms with Gasteiger partial charge in [-0.25, -0.2) is 9.97 Å². The average Bonchev–Trinajstić information content (AvgIpc) is 3.21. The largest absolute Gasteiger partial charge is 0.492 e. The highest BCUT2D eigenvalue weighted by molar-refractivity contribution is 9.10. The molecule has 2 aromatic heterocycles. The second kappa shape index (κ2) is 7.53. The van der Waals surface area contributed by atoms with Gasteiger partial charge >= 0.3 is 0 Å². The number of halogens is 1. The number of para-hydroxylation sites is 1. The fourth-order valence-electron chi connectivity index (χ4n) is 2.57. The lowest BCUT2D eigenvalue weighted by molar-refractivity contribution is 0.333. The number of rotatable bonds is 6. The first-order chi connectivity index (χ1) is 12.8. The van der Waals surface area contributed by atoms with Gasteiger partial charge in [-0.2, -0.15) is 4.98 Å². The van der Waals surface area contributed by atoms with E-state index in [1.807, 2.05) is 54.7 Å². The summed E-state index contributed by atoms with van der Waals surface area (Å²) in [6.45, 7) is 1.15. The zero-order valence-electron chi connectivity index (χ0n) is 13.8. The van der Waals surface area contributed by atoms with E-state index in [9.17, 15) is 0 Å². The Balaban J connectivity index is 1.57. The van der Waals surface area contributed by atoms with Gasteiger partial charge in [0.15, 0.2) is 0 Å². The van der Waals surface area contributed by atoms with E-state index in [0.29, 0.717) is 19.1 Å². The third kappa shape index (κ3) is 3.67. The molecule has 0 saturated heterocycles. The van der Waals surface area contributed by atoms with E-state index in [-0.39, 0.29) is 0 Å². The summed E-state index contributed by atoms with van der Waals surface area (Å²) in [4.78, 5) is 13.3. The molecule has 4 rings (SSSR count). The number of hydrogen-bond donors (Lipinski definition) is 1. The maximum Gasteiger partial charge on any atom is 0.237 e.